The van der Waals surface area contributed by atoms with E-state index < -0.39 is 11.9 Å². The summed E-state index contributed by atoms with van der Waals surface area (Å²) in [6.45, 7) is -0.101. The summed E-state index contributed by atoms with van der Waals surface area (Å²) in [5, 5.41) is 11.0. The van der Waals surface area contributed by atoms with Gasteiger partial charge in [0.25, 0.3) is 5.91 Å². The molecular weight excluding hydrogens is 462 g/mol. The Balaban J connectivity index is 1.59. The Morgan fingerprint density at radius 1 is 1.03 bits per heavy atom. The summed E-state index contributed by atoms with van der Waals surface area (Å²) in [5.41, 5.74) is 0.924. The van der Waals surface area contributed by atoms with Crippen molar-refractivity contribution < 1.29 is 23.8 Å². The number of carbonyl (C=O) groups excluding carboxylic acids is 2. The SMILES string of the molecule is COc1ccc(NC(=O)c2nnc(COC(=O)c3cc(OC)ccc3Br)s2)cc1. The molecular formula is C19H16BrN3O5S. The second-order valence-electron chi connectivity index (χ2n) is 5.61. The predicted molar refractivity (Wildman–Crippen MR) is 111 cm³/mol. The number of rotatable bonds is 7. The van der Waals surface area contributed by atoms with Crippen molar-refractivity contribution >= 4 is 44.8 Å². The van der Waals surface area contributed by atoms with Gasteiger partial charge < -0.3 is 19.5 Å². The van der Waals surface area contributed by atoms with E-state index in [9.17, 15) is 9.59 Å². The molecule has 0 aliphatic rings. The third-order valence-corrected chi connectivity index (χ3v) is 5.32. The normalized spacial score (nSPS) is 10.3. The molecule has 0 atom stereocenters. The third kappa shape index (κ3) is 5.30. The van der Waals surface area contributed by atoms with Gasteiger partial charge in [0.2, 0.25) is 5.01 Å². The number of methoxy groups -OCH3 is 2. The van der Waals surface area contributed by atoms with Gasteiger partial charge >= 0.3 is 5.97 Å². The standard InChI is InChI=1S/C19H16BrN3O5S/c1-26-12-5-3-11(4-6-12)21-17(24)18-23-22-16(29-18)10-28-19(25)14-9-13(27-2)7-8-15(14)20/h3-9H,10H2,1-2H3,(H,21,24). The molecule has 0 spiro atoms. The van der Waals surface area contributed by atoms with E-state index in [1.807, 2.05) is 0 Å². The van der Waals surface area contributed by atoms with Crippen molar-refractivity contribution in [3.63, 3.8) is 0 Å². The summed E-state index contributed by atoms with van der Waals surface area (Å²) in [4.78, 5) is 24.6. The lowest BCUT2D eigenvalue weighted by Crippen LogP contribution is -2.11. The van der Waals surface area contributed by atoms with Crippen LogP contribution in [0.5, 0.6) is 11.5 Å². The van der Waals surface area contributed by atoms with Crippen LogP contribution >= 0.6 is 27.3 Å². The van der Waals surface area contributed by atoms with E-state index in [4.69, 9.17) is 14.2 Å². The summed E-state index contributed by atoms with van der Waals surface area (Å²) < 4.78 is 16.0. The molecule has 29 heavy (non-hydrogen) atoms. The van der Waals surface area contributed by atoms with Crippen molar-refractivity contribution in [2.75, 3.05) is 19.5 Å². The van der Waals surface area contributed by atoms with Gasteiger partial charge in [-0.25, -0.2) is 4.79 Å². The Hall–Kier alpha value is -2.98. The number of nitrogens with one attached hydrogen (secondary N) is 1. The molecule has 8 nitrogen and oxygen atoms in total. The Labute approximate surface area is 178 Å². The Morgan fingerprint density at radius 3 is 2.41 bits per heavy atom. The number of amides is 1. The molecule has 0 fully saturated rings. The number of ether oxygens (including phenoxy) is 3. The lowest BCUT2D eigenvalue weighted by Gasteiger charge is -2.06. The Kier molecular flexibility index (Phi) is 6.78. The summed E-state index contributed by atoms with van der Waals surface area (Å²) >= 11 is 4.35. The smallest absolute Gasteiger partial charge is 0.339 e. The van der Waals surface area contributed by atoms with Crippen molar-refractivity contribution in [3.8, 4) is 11.5 Å². The van der Waals surface area contributed by atoms with E-state index in [2.05, 4.69) is 31.4 Å². The number of aromatic nitrogens is 2. The van der Waals surface area contributed by atoms with Crippen molar-refractivity contribution in [3.05, 3.63) is 62.5 Å². The minimum atomic E-state index is -0.546. The number of esters is 1. The molecule has 10 heteroatoms. The van der Waals surface area contributed by atoms with Crippen molar-refractivity contribution in [2.24, 2.45) is 0 Å². The molecule has 0 radical (unpaired) electrons. The fraction of sp³-hybridized carbons (Fsp3) is 0.158. The zero-order valence-electron chi connectivity index (χ0n) is 15.5. The van der Waals surface area contributed by atoms with Crippen LogP contribution in [0, 0.1) is 0 Å². The number of carbonyl (C=O) groups is 2. The highest BCUT2D eigenvalue weighted by Crippen LogP contribution is 2.24. The number of benzene rings is 2. The molecule has 0 aliphatic carbocycles. The molecule has 1 heterocycles. The molecule has 0 unspecified atom stereocenters. The molecule has 1 N–H and O–H groups in total. The van der Waals surface area contributed by atoms with Gasteiger partial charge in [0.1, 0.15) is 18.1 Å². The predicted octanol–water partition coefficient (Wildman–Crippen LogP) is 3.93. The van der Waals surface area contributed by atoms with Crippen LogP contribution in [0.2, 0.25) is 0 Å². The van der Waals surface area contributed by atoms with Crippen LogP contribution in [0.1, 0.15) is 25.2 Å². The fourth-order valence-corrected chi connectivity index (χ4v) is 3.31. The topological polar surface area (TPSA) is 99.6 Å². The van der Waals surface area contributed by atoms with Crippen LogP contribution in [0.4, 0.5) is 5.69 Å². The van der Waals surface area contributed by atoms with E-state index in [0.717, 1.165) is 11.3 Å². The molecule has 0 saturated heterocycles. The maximum absolute atomic E-state index is 12.3. The number of anilines is 1. The number of halogens is 1. The van der Waals surface area contributed by atoms with Gasteiger partial charge in [-0.2, -0.15) is 0 Å². The molecule has 3 aromatic rings. The van der Waals surface area contributed by atoms with Crippen LogP contribution in [-0.4, -0.2) is 36.3 Å². The fourth-order valence-electron chi connectivity index (χ4n) is 2.26. The molecule has 0 aliphatic heterocycles. The van der Waals surface area contributed by atoms with Gasteiger partial charge in [-0.3, -0.25) is 4.79 Å². The van der Waals surface area contributed by atoms with Gasteiger partial charge in [-0.1, -0.05) is 11.3 Å². The average molecular weight is 478 g/mol. The van der Waals surface area contributed by atoms with Gasteiger partial charge in [-0.05, 0) is 58.4 Å². The van der Waals surface area contributed by atoms with Crippen LogP contribution in [0.25, 0.3) is 0 Å². The average Bonchev–Trinajstić information content (AvgIpc) is 3.22. The van der Waals surface area contributed by atoms with Gasteiger partial charge in [-0.15, -0.1) is 10.2 Å². The third-order valence-electron chi connectivity index (χ3n) is 3.73. The highest BCUT2D eigenvalue weighted by atomic mass is 79.9. The minimum Gasteiger partial charge on any atom is -0.497 e. The van der Waals surface area contributed by atoms with Crippen molar-refractivity contribution in [1.29, 1.82) is 0 Å². The number of hydrogen-bond acceptors (Lipinski definition) is 8. The van der Waals surface area contributed by atoms with Crippen molar-refractivity contribution in [1.82, 2.24) is 10.2 Å². The molecule has 150 valence electrons. The largest absolute Gasteiger partial charge is 0.497 e. The number of nitrogens with zero attached hydrogens (tertiary/aromatic N) is 2. The van der Waals surface area contributed by atoms with E-state index in [-0.39, 0.29) is 11.6 Å². The number of hydrogen-bond donors (Lipinski definition) is 1. The minimum absolute atomic E-state index is 0.101. The van der Waals surface area contributed by atoms with Crippen molar-refractivity contribution in [2.45, 2.75) is 6.61 Å². The lowest BCUT2D eigenvalue weighted by atomic mass is 10.2. The molecule has 3 rings (SSSR count). The molecule has 1 amide bonds. The summed E-state index contributed by atoms with van der Waals surface area (Å²) in [6, 6.07) is 11.9. The van der Waals surface area contributed by atoms with E-state index in [0.29, 0.717) is 32.2 Å². The van der Waals surface area contributed by atoms with Gasteiger partial charge in [0, 0.05) is 10.2 Å². The van der Waals surface area contributed by atoms with Crippen LogP contribution in [0.15, 0.2) is 46.9 Å². The van der Waals surface area contributed by atoms with E-state index in [1.54, 1.807) is 49.6 Å². The maximum Gasteiger partial charge on any atom is 0.339 e. The van der Waals surface area contributed by atoms with Crippen LogP contribution in [-0.2, 0) is 11.3 Å². The first-order valence-electron chi connectivity index (χ1n) is 8.28. The molecule has 0 saturated carbocycles. The summed E-state index contributed by atoms with van der Waals surface area (Å²) in [7, 11) is 3.08. The summed E-state index contributed by atoms with van der Waals surface area (Å²) in [6.07, 6.45) is 0. The highest BCUT2D eigenvalue weighted by molar-refractivity contribution is 9.10. The van der Waals surface area contributed by atoms with Crippen LogP contribution < -0.4 is 14.8 Å². The molecule has 0 bridgehead atoms. The lowest BCUT2D eigenvalue weighted by molar-refractivity contribution is 0.0470. The first-order valence-corrected chi connectivity index (χ1v) is 9.89. The van der Waals surface area contributed by atoms with Gasteiger partial charge in [0.15, 0.2) is 5.01 Å². The van der Waals surface area contributed by atoms with E-state index in [1.165, 1.54) is 7.11 Å². The second-order valence-corrected chi connectivity index (χ2v) is 7.52. The second kappa shape index (κ2) is 9.48. The monoisotopic (exact) mass is 477 g/mol. The van der Waals surface area contributed by atoms with E-state index >= 15 is 0 Å². The zero-order valence-corrected chi connectivity index (χ0v) is 17.9. The van der Waals surface area contributed by atoms with Crippen LogP contribution in [0.3, 0.4) is 0 Å². The summed E-state index contributed by atoms with van der Waals surface area (Å²) in [5.74, 6) is 0.273. The Morgan fingerprint density at radius 2 is 1.72 bits per heavy atom. The zero-order chi connectivity index (χ0) is 20.8. The first-order chi connectivity index (χ1) is 14.0. The molecule has 2 aromatic carbocycles. The molecule has 1 aromatic heterocycles. The first kappa shape index (κ1) is 20.7. The highest BCUT2D eigenvalue weighted by Gasteiger charge is 2.17. The maximum atomic E-state index is 12.3. The van der Waals surface area contributed by atoms with Gasteiger partial charge in [0.05, 0.1) is 19.8 Å². The Bertz CT molecular complexity index is 1020. The quantitative estimate of drug-likeness (QED) is 0.514.